The molecule has 0 aliphatic heterocycles. The fourth-order valence-electron chi connectivity index (χ4n) is 4.03. The van der Waals surface area contributed by atoms with Crippen molar-refractivity contribution >= 4 is 34.1 Å². The lowest BCUT2D eigenvalue weighted by atomic mass is 10.0. The van der Waals surface area contributed by atoms with Crippen molar-refractivity contribution in [1.82, 2.24) is 19.2 Å². The van der Waals surface area contributed by atoms with E-state index >= 15 is 0 Å². The molecule has 186 valence electrons. The maximum atomic E-state index is 13.4. The molecule has 0 aliphatic rings. The van der Waals surface area contributed by atoms with Crippen LogP contribution in [0.25, 0.3) is 16.7 Å². The average Bonchev–Trinajstić information content (AvgIpc) is 3.20. The first kappa shape index (κ1) is 23.9. The van der Waals surface area contributed by atoms with E-state index in [-0.39, 0.29) is 23.9 Å². The Morgan fingerprint density at radius 2 is 1.76 bits per heavy atom. The van der Waals surface area contributed by atoms with Gasteiger partial charge in [0, 0.05) is 11.3 Å². The van der Waals surface area contributed by atoms with Gasteiger partial charge in [0.25, 0.3) is 5.88 Å². The smallest absolute Gasteiger partial charge is 0.351 e. The van der Waals surface area contributed by atoms with E-state index in [2.05, 4.69) is 29.2 Å². The monoisotopic (exact) mass is 495 g/mol. The third-order valence-corrected chi connectivity index (χ3v) is 5.98. The van der Waals surface area contributed by atoms with Gasteiger partial charge in [-0.2, -0.15) is 0 Å². The van der Waals surface area contributed by atoms with Crippen molar-refractivity contribution < 1.29 is 14.3 Å². The second kappa shape index (κ2) is 9.69. The summed E-state index contributed by atoms with van der Waals surface area (Å²) in [6.45, 7) is 5.34. The Hall–Kier alpha value is -4.79. The van der Waals surface area contributed by atoms with Crippen LogP contribution in [0.3, 0.4) is 0 Å². The molecule has 5 rings (SSSR count). The minimum Gasteiger partial charge on any atom is -0.436 e. The molecule has 37 heavy (non-hydrogen) atoms. The van der Waals surface area contributed by atoms with E-state index in [0.717, 1.165) is 4.68 Å². The molecule has 2 aromatic heterocycles. The van der Waals surface area contributed by atoms with Crippen molar-refractivity contribution in [2.45, 2.75) is 33.2 Å². The summed E-state index contributed by atoms with van der Waals surface area (Å²) in [6, 6.07) is 21.4. The number of carbonyl (C=O) groups excluding carboxylic acids is 2. The summed E-state index contributed by atoms with van der Waals surface area (Å²) in [5.41, 5.74) is 2.90. The summed E-state index contributed by atoms with van der Waals surface area (Å²) >= 11 is 0. The maximum absolute atomic E-state index is 13.4. The molecule has 9 nitrogen and oxygen atoms in total. The van der Waals surface area contributed by atoms with E-state index < -0.39 is 11.6 Å². The lowest BCUT2D eigenvalue weighted by Gasteiger charge is -2.09. The summed E-state index contributed by atoms with van der Waals surface area (Å²) in [6.07, 6.45) is 0. The van der Waals surface area contributed by atoms with Crippen LogP contribution in [0, 0.1) is 0 Å². The molecule has 0 fully saturated rings. The number of benzene rings is 3. The lowest BCUT2D eigenvalue weighted by Crippen LogP contribution is -2.28. The maximum Gasteiger partial charge on any atom is 0.351 e. The quantitative estimate of drug-likeness (QED) is 0.325. The molecule has 1 amide bonds. The summed E-state index contributed by atoms with van der Waals surface area (Å²) in [7, 11) is 0. The number of amides is 1. The molecule has 1 N–H and O–H groups in total. The highest BCUT2D eigenvalue weighted by molar-refractivity contribution is 5.97. The van der Waals surface area contributed by atoms with Crippen LogP contribution < -0.4 is 15.7 Å². The number of ketones is 1. The fraction of sp³-hybridized carbons (Fsp3) is 0.179. The van der Waals surface area contributed by atoms with Crippen molar-refractivity contribution in [1.29, 1.82) is 0 Å². The molecule has 0 atom stereocenters. The van der Waals surface area contributed by atoms with Gasteiger partial charge in [-0.15, -0.1) is 5.10 Å². The van der Waals surface area contributed by atoms with E-state index in [1.54, 1.807) is 42.5 Å². The number of para-hydroxylation sites is 2. The zero-order valence-electron chi connectivity index (χ0n) is 20.6. The molecule has 0 spiro atoms. The summed E-state index contributed by atoms with van der Waals surface area (Å²) < 4.78 is 8.52. The molecule has 2 heterocycles. The van der Waals surface area contributed by atoms with Crippen LogP contribution in [0.1, 0.15) is 42.6 Å². The van der Waals surface area contributed by atoms with E-state index in [0.29, 0.717) is 34.0 Å². The topological polar surface area (TPSA) is 108 Å². The van der Waals surface area contributed by atoms with Crippen molar-refractivity contribution in [3.63, 3.8) is 0 Å². The van der Waals surface area contributed by atoms with Crippen molar-refractivity contribution in [3.8, 4) is 11.6 Å². The minimum absolute atomic E-state index is 0.113. The molecule has 3 aromatic carbocycles. The summed E-state index contributed by atoms with van der Waals surface area (Å²) in [4.78, 5) is 42.4. The Balaban J connectivity index is 1.51. The number of hydrogen-bond acceptors (Lipinski definition) is 6. The van der Waals surface area contributed by atoms with E-state index in [4.69, 9.17) is 4.74 Å². The van der Waals surface area contributed by atoms with Gasteiger partial charge in [-0.1, -0.05) is 50.2 Å². The van der Waals surface area contributed by atoms with Gasteiger partial charge in [0.15, 0.2) is 5.78 Å². The van der Waals surface area contributed by atoms with Gasteiger partial charge in [-0.25, -0.2) is 18.9 Å². The first-order chi connectivity index (χ1) is 17.8. The Kier molecular flexibility index (Phi) is 6.27. The first-order valence-corrected chi connectivity index (χ1v) is 11.9. The molecule has 0 aliphatic carbocycles. The third-order valence-electron chi connectivity index (χ3n) is 5.98. The number of nitrogens with one attached hydrogen (secondary N) is 1. The van der Waals surface area contributed by atoms with Crippen molar-refractivity contribution in [2.24, 2.45) is 0 Å². The number of ether oxygens (including phenoxy) is 1. The summed E-state index contributed by atoms with van der Waals surface area (Å²) in [5.74, 6) is 0.513. The number of aromatic nitrogens is 4. The highest BCUT2D eigenvalue weighted by atomic mass is 16.5. The van der Waals surface area contributed by atoms with Gasteiger partial charge in [0.2, 0.25) is 11.6 Å². The van der Waals surface area contributed by atoms with Crippen LogP contribution in [0.2, 0.25) is 0 Å². The number of fused-ring (bicyclic) bond motifs is 3. The molecular weight excluding hydrogens is 470 g/mol. The number of nitrogens with zero attached hydrogens (tertiary/aromatic N) is 4. The normalized spacial score (nSPS) is 11.2. The Labute approximate surface area is 212 Å². The van der Waals surface area contributed by atoms with Gasteiger partial charge >= 0.3 is 5.69 Å². The van der Waals surface area contributed by atoms with Crippen LogP contribution in [0.4, 0.5) is 5.69 Å². The summed E-state index contributed by atoms with van der Waals surface area (Å²) in [5, 5.41) is 7.11. The van der Waals surface area contributed by atoms with Gasteiger partial charge in [0.1, 0.15) is 12.3 Å². The zero-order valence-corrected chi connectivity index (χ0v) is 20.6. The molecule has 0 unspecified atom stereocenters. The Morgan fingerprint density at radius 1 is 1.00 bits per heavy atom. The standard InChI is InChI=1S/C28H25N5O4/c1-17(2)19-11-13-22(14-12-19)37-27-26-31-32(28(36)33(26)24-10-5-4-9-23(24)30-27)16-25(35)29-21-8-6-7-20(15-21)18(3)34/h4-15,17H,16H2,1-3H3,(H,29,35). The molecule has 0 saturated carbocycles. The van der Waals surface area contributed by atoms with Crippen LogP contribution in [0.15, 0.2) is 77.6 Å². The van der Waals surface area contributed by atoms with Crippen LogP contribution in [-0.4, -0.2) is 30.9 Å². The highest BCUT2D eigenvalue weighted by Gasteiger charge is 2.19. The SMILES string of the molecule is CC(=O)c1cccc(NC(=O)Cn2nc3c(Oc4ccc(C(C)C)cc4)nc4ccccc4n3c2=O)c1. The van der Waals surface area contributed by atoms with Gasteiger partial charge in [-0.05, 0) is 54.8 Å². The fourth-order valence-corrected chi connectivity index (χ4v) is 4.03. The molecule has 0 saturated heterocycles. The van der Waals surface area contributed by atoms with Crippen LogP contribution >= 0.6 is 0 Å². The average molecular weight is 496 g/mol. The number of rotatable bonds is 7. The van der Waals surface area contributed by atoms with Gasteiger partial charge < -0.3 is 10.1 Å². The minimum atomic E-state index is -0.499. The van der Waals surface area contributed by atoms with Crippen LogP contribution in [0.5, 0.6) is 11.6 Å². The predicted molar refractivity (Wildman–Crippen MR) is 140 cm³/mol. The molecule has 9 heteroatoms. The van der Waals surface area contributed by atoms with Gasteiger partial charge in [0.05, 0.1) is 11.0 Å². The van der Waals surface area contributed by atoms with E-state index in [1.807, 2.05) is 30.3 Å². The van der Waals surface area contributed by atoms with Crippen molar-refractivity contribution in [3.05, 3.63) is 94.4 Å². The Bertz CT molecular complexity index is 1700. The first-order valence-electron chi connectivity index (χ1n) is 11.9. The molecule has 0 bridgehead atoms. The van der Waals surface area contributed by atoms with E-state index in [1.165, 1.54) is 16.9 Å². The Morgan fingerprint density at radius 3 is 2.49 bits per heavy atom. The second-order valence-electron chi connectivity index (χ2n) is 9.02. The number of anilines is 1. The number of Topliss-reactive ketones (excluding diaryl/α,β-unsaturated/α-hetero) is 1. The third kappa shape index (κ3) is 4.84. The number of carbonyl (C=O) groups is 2. The predicted octanol–water partition coefficient (Wildman–Crippen LogP) is 4.80. The molecular formula is C28H25N5O4. The second-order valence-corrected chi connectivity index (χ2v) is 9.02. The van der Waals surface area contributed by atoms with Crippen molar-refractivity contribution in [2.75, 3.05) is 5.32 Å². The highest BCUT2D eigenvalue weighted by Crippen LogP contribution is 2.27. The molecule has 5 aromatic rings. The van der Waals surface area contributed by atoms with Crippen LogP contribution in [-0.2, 0) is 11.3 Å². The van der Waals surface area contributed by atoms with Gasteiger partial charge in [-0.3, -0.25) is 9.59 Å². The molecule has 0 radical (unpaired) electrons. The lowest BCUT2D eigenvalue weighted by molar-refractivity contribution is -0.117. The van der Waals surface area contributed by atoms with E-state index in [9.17, 15) is 14.4 Å². The zero-order chi connectivity index (χ0) is 26.1. The largest absolute Gasteiger partial charge is 0.436 e. The number of hydrogen-bond donors (Lipinski definition) is 1.